The summed E-state index contributed by atoms with van der Waals surface area (Å²) in [5.74, 6) is 0.00493. The van der Waals surface area contributed by atoms with Crippen molar-refractivity contribution < 1.29 is 4.79 Å². The molecule has 0 bridgehead atoms. The minimum absolute atomic E-state index is 0.00493. The Morgan fingerprint density at radius 2 is 1.74 bits per heavy atom. The molecule has 0 spiro atoms. The van der Waals surface area contributed by atoms with E-state index in [1.807, 2.05) is 31.2 Å². The highest BCUT2D eigenvalue weighted by atomic mass is 79.9. The summed E-state index contributed by atoms with van der Waals surface area (Å²) < 4.78 is 1.01. The van der Waals surface area contributed by atoms with Gasteiger partial charge in [-0.25, -0.2) is 5.43 Å². The summed E-state index contributed by atoms with van der Waals surface area (Å²) in [7, 11) is 0. The molecule has 0 unspecified atom stereocenters. The third kappa shape index (κ3) is 9.54. The number of carbonyl (C=O) groups is 1. The smallest absolute Gasteiger partial charge is 0.240 e. The maximum atomic E-state index is 11.8. The monoisotopic (exact) mass is 380 g/mol. The second-order valence-electron chi connectivity index (χ2n) is 5.97. The van der Waals surface area contributed by atoms with Gasteiger partial charge in [-0.05, 0) is 31.0 Å². The van der Waals surface area contributed by atoms with Crippen LogP contribution in [0.1, 0.15) is 77.2 Å². The van der Waals surface area contributed by atoms with E-state index in [2.05, 4.69) is 33.4 Å². The molecule has 23 heavy (non-hydrogen) atoms. The summed E-state index contributed by atoms with van der Waals surface area (Å²) in [6.07, 6.45) is 10.5. The first kappa shape index (κ1) is 19.9. The van der Waals surface area contributed by atoms with E-state index in [0.717, 1.165) is 28.6 Å². The molecule has 0 atom stereocenters. The van der Waals surface area contributed by atoms with E-state index < -0.39 is 0 Å². The maximum Gasteiger partial charge on any atom is 0.240 e. The van der Waals surface area contributed by atoms with E-state index in [0.29, 0.717) is 6.42 Å². The fraction of sp³-hybridized carbons (Fsp3) is 0.579. The number of nitrogens with zero attached hydrogens (tertiary/aromatic N) is 1. The topological polar surface area (TPSA) is 41.5 Å². The summed E-state index contributed by atoms with van der Waals surface area (Å²) in [4.78, 5) is 11.8. The quantitative estimate of drug-likeness (QED) is 0.293. The third-order valence-corrected chi connectivity index (χ3v) is 4.34. The predicted molar refractivity (Wildman–Crippen MR) is 102 cm³/mol. The van der Waals surface area contributed by atoms with Crippen LogP contribution in [0, 0.1) is 0 Å². The van der Waals surface area contributed by atoms with E-state index in [4.69, 9.17) is 0 Å². The van der Waals surface area contributed by atoms with Gasteiger partial charge in [0.15, 0.2) is 0 Å². The van der Waals surface area contributed by atoms with Gasteiger partial charge in [0.25, 0.3) is 0 Å². The van der Waals surface area contributed by atoms with Crippen LogP contribution in [-0.4, -0.2) is 11.6 Å². The van der Waals surface area contributed by atoms with E-state index in [-0.39, 0.29) is 5.91 Å². The first-order valence-electron chi connectivity index (χ1n) is 8.72. The van der Waals surface area contributed by atoms with Gasteiger partial charge < -0.3 is 0 Å². The lowest BCUT2D eigenvalue weighted by molar-refractivity contribution is -0.121. The Labute approximate surface area is 149 Å². The lowest BCUT2D eigenvalue weighted by atomic mass is 10.1. The molecule has 0 aliphatic carbocycles. The van der Waals surface area contributed by atoms with E-state index in [1.165, 1.54) is 38.5 Å². The summed E-state index contributed by atoms with van der Waals surface area (Å²) in [6, 6.07) is 7.90. The first-order valence-corrected chi connectivity index (χ1v) is 9.52. The van der Waals surface area contributed by atoms with Crippen LogP contribution < -0.4 is 5.43 Å². The lowest BCUT2D eigenvalue weighted by Crippen LogP contribution is -2.18. The van der Waals surface area contributed by atoms with Gasteiger partial charge in [0, 0.05) is 10.9 Å². The average Bonchev–Trinajstić information content (AvgIpc) is 2.55. The molecule has 1 aromatic carbocycles. The number of carbonyl (C=O) groups excluding carboxylic acids is 1. The number of halogens is 1. The molecule has 0 aliphatic rings. The van der Waals surface area contributed by atoms with Crippen molar-refractivity contribution in [1.29, 1.82) is 0 Å². The maximum absolute atomic E-state index is 11.8. The number of hydrogen-bond acceptors (Lipinski definition) is 2. The van der Waals surface area contributed by atoms with Crippen molar-refractivity contribution in [2.24, 2.45) is 5.10 Å². The number of hydrazone groups is 1. The van der Waals surface area contributed by atoms with Crippen LogP contribution in [-0.2, 0) is 4.79 Å². The van der Waals surface area contributed by atoms with Crippen LogP contribution in [0.15, 0.2) is 33.8 Å². The first-order chi connectivity index (χ1) is 11.1. The second kappa shape index (κ2) is 12.3. The van der Waals surface area contributed by atoms with E-state index in [1.54, 1.807) is 0 Å². The lowest BCUT2D eigenvalue weighted by Gasteiger charge is -2.04. The van der Waals surface area contributed by atoms with Gasteiger partial charge in [-0.3, -0.25) is 4.79 Å². The molecule has 0 fully saturated rings. The molecule has 0 radical (unpaired) electrons. The molecule has 1 rings (SSSR count). The van der Waals surface area contributed by atoms with Gasteiger partial charge in [-0.2, -0.15) is 5.10 Å². The van der Waals surface area contributed by atoms with Crippen molar-refractivity contribution in [3.05, 3.63) is 34.3 Å². The normalized spacial score (nSPS) is 11.5. The van der Waals surface area contributed by atoms with Crippen LogP contribution in [0.4, 0.5) is 0 Å². The van der Waals surface area contributed by atoms with Crippen LogP contribution in [0.2, 0.25) is 0 Å². The molecule has 0 aliphatic heterocycles. The highest BCUT2D eigenvalue weighted by Crippen LogP contribution is 2.12. The van der Waals surface area contributed by atoms with Crippen molar-refractivity contribution in [3.8, 4) is 0 Å². The average molecular weight is 381 g/mol. The molecule has 0 heterocycles. The summed E-state index contributed by atoms with van der Waals surface area (Å²) >= 11 is 3.44. The van der Waals surface area contributed by atoms with E-state index >= 15 is 0 Å². The highest BCUT2D eigenvalue weighted by molar-refractivity contribution is 9.10. The number of amides is 1. The molecule has 1 N–H and O–H groups in total. The van der Waals surface area contributed by atoms with Gasteiger partial charge in [0.05, 0.1) is 5.71 Å². The zero-order valence-electron chi connectivity index (χ0n) is 14.4. The Hall–Kier alpha value is -1.16. The van der Waals surface area contributed by atoms with Gasteiger partial charge >= 0.3 is 0 Å². The molecule has 3 nitrogen and oxygen atoms in total. The van der Waals surface area contributed by atoms with Gasteiger partial charge in [0.1, 0.15) is 0 Å². The fourth-order valence-corrected chi connectivity index (χ4v) is 2.80. The Kier molecular flexibility index (Phi) is 10.6. The number of rotatable bonds is 11. The Balaban J connectivity index is 2.15. The molecule has 0 saturated heterocycles. The molecule has 4 heteroatoms. The molecule has 1 amide bonds. The third-order valence-electron chi connectivity index (χ3n) is 3.85. The summed E-state index contributed by atoms with van der Waals surface area (Å²) in [5, 5.41) is 4.18. The molecule has 0 saturated carbocycles. The Bertz CT molecular complexity index is 500. The number of nitrogens with one attached hydrogen (secondary N) is 1. The Morgan fingerprint density at radius 1 is 1.09 bits per heavy atom. The van der Waals surface area contributed by atoms with Crippen molar-refractivity contribution >= 4 is 27.5 Å². The predicted octanol–water partition coefficient (Wildman–Crippen LogP) is 5.82. The van der Waals surface area contributed by atoms with Gasteiger partial charge in [-0.15, -0.1) is 0 Å². The van der Waals surface area contributed by atoms with Crippen molar-refractivity contribution in [1.82, 2.24) is 5.43 Å². The molecule has 0 aromatic heterocycles. The van der Waals surface area contributed by atoms with Crippen molar-refractivity contribution in [3.63, 3.8) is 0 Å². The van der Waals surface area contributed by atoms with Crippen LogP contribution in [0.3, 0.4) is 0 Å². The highest BCUT2D eigenvalue weighted by Gasteiger charge is 2.02. The van der Waals surface area contributed by atoms with Crippen LogP contribution in [0.5, 0.6) is 0 Å². The van der Waals surface area contributed by atoms with Gasteiger partial charge in [-0.1, -0.05) is 79.9 Å². The minimum atomic E-state index is 0.00493. The largest absolute Gasteiger partial charge is 0.273 e. The molecular weight excluding hydrogens is 352 g/mol. The SMILES string of the molecule is CCCCCCCCCCC(=O)NN=C(C)c1cccc(Br)c1. The molecular formula is C19H29BrN2O. The molecule has 1 aromatic rings. The van der Waals surface area contributed by atoms with Crippen molar-refractivity contribution in [2.75, 3.05) is 0 Å². The van der Waals surface area contributed by atoms with Gasteiger partial charge in [0.2, 0.25) is 5.91 Å². The fourth-order valence-electron chi connectivity index (χ4n) is 2.40. The Morgan fingerprint density at radius 3 is 2.39 bits per heavy atom. The number of unbranched alkanes of at least 4 members (excludes halogenated alkanes) is 7. The number of hydrogen-bond donors (Lipinski definition) is 1. The summed E-state index contributed by atoms with van der Waals surface area (Å²) in [6.45, 7) is 4.14. The zero-order chi connectivity index (χ0) is 16.9. The minimum Gasteiger partial charge on any atom is -0.273 e. The standard InChI is InChI=1S/C19H29BrN2O/c1-3-4-5-6-7-8-9-10-14-19(23)22-21-16(2)17-12-11-13-18(20)15-17/h11-13,15H,3-10,14H2,1-2H3,(H,22,23). The zero-order valence-corrected chi connectivity index (χ0v) is 16.0. The second-order valence-corrected chi connectivity index (χ2v) is 6.88. The van der Waals surface area contributed by atoms with E-state index in [9.17, 15) is 4.79 Å². The van der Waals surface area contributed by atoms with Crippen LogP contribution in [0.25, 0.3) is 0 Å². The number of benzene rings is 1. The van der Waals surface area contributed by atoms with Crippen LogP contribution >= 0.6 is 15.9 Å². The molecule has 128 valence electrons. The summed E-state index contributed by atoms with van der Waals surface area (Å²) in [5.41, 5.74) is 4.47. The van der Waals surface area contributed by atoms with Crippen molar-refractivity contribution in [2.45, 2.75) is 71.6 Å².